The van der Waals surface area contributed by atoms with E-state index in [0.717, 1.165) is 25.3 Å². The Bertz CT molecular complexity index is 1080. The van der Waals surface area contributed by atoms with Crippen molar-refractivity contribution in [2.24, 2.45) is 0 Å². The molecule has 0 aliphatic carbocycles. The molecule has 8 heteroatoms. The van der Waals surface area contributed by atoms with Gasteiger partial charge in [-0.2, -0.15) is 0 Å². The van der Waals surface area contributed by atoms with E-state index >= 15 is 0 Å². The third kappa shape index (κ3) is 4.80. The first-order chi connectivity index (χ1) is 13.8. The van der Waals surface area contributed by atoms with E-state index in [1.54, 1.807) is 23.7 Å². The van der Waals surface area contributed by atoms with Gasteiger partial charge in [0.15, 0.2) is 9.84 Å². The van der Waals surface area contributed by atoms with Crippen molar-refractivity contribution in [3.8, 4) is 0 Å². The van der Waals surface area contributed by atoms with Crippen molar-refractivity contribution in [3.63, 3.8) is 0 Å². The number of likely N-dealkylation sites (tertiary alicyclic amines) is 1. The van der Waals surface area contributed by atoms with Gasteiger partial charge in [0.25, 0.3) is 0 Å². The summed E-state index contributed by atoms with van der Waals surface area (Å²) in [6.07, 6.45) is 1.61. The number of rotatable bonds is 7. The Hall–Kier alpha value is -1.93. The van der Waals surface area contributed by atoms with Gasteiger partial charge in [-0.25, -0.2) is 13.4 Å². The molecule has 4 rings (SSSR count). The van der Waals surface area contributed by atoms with Crippen molar-refractivity contribution >= 4 is 38.5 Å². The first kappa shape index (κ1) is 20.3. The van der Waals surface area contributed by atoms with Gasteiger partial charge in [0, 0.05) is 31.2 Å². The molecular formula is C21H22ClN3O2S2. The molecule has 2 heterocycles. The highest BCUT2D eigenvalue weighted by atomic mass is 35.5. The molecule has 1 aromatic heterocycles. The minimum absolute atomic E-state index is 0.0975. The second-order valence-electron chi connectivity index (χ2n) is 7.64. The smallest absolute Gasteiger partial charge is 0.184 e. The fourth-order valence-electron chi connectivity index (χ4n) is 3.66. The molecule has 0 amide bonds. The molecule has 29 heavy (non-hydrogen) atoms. The highest BCUT2D eigenvalue weighted by Crippen LogP contribution is 2.32. The topological polar surface area (TPSA) is 62.3 Å². The van der Waals surface area contributed by atoms with Gasteiger partial charge in [-0.05, 0) is 30.7 Å². The Labute approximate surface area is 180 Å². The molecule has 1 N–H and O–H groups in total. The largest absolute Gasteiger partial charge is 0.376 e. The van der Waals surface area contributed by atoms with E-state index in [4.69, 9.17) is 11.6 Å². The summed E-state index contributed by atoms with van der Waals surface area (Å²) in [5.41, 5.74) is 1.95. The zero-order valence-electron chi connectivity index (χ0n) is 16.0. The quantitative estimate of drug-likeness (QED) is 0.579. The van der Waals surface area contributed by atoms with Gasteiger partial charge in [0.1, 0.15) is 10.8 Å². The highest BCUT2D eigenvalue weighted by Gasteiger charge is 2.38. The van der Waals surface area contributed by atoms with Crippen molar-refractivity contribution in [2.75, 3.05) is 18.4 Å². The number of nitrogens with zero attached hydrogens (tertiary/aromatic N) is 2. The van der Waals surface area contributed by atoms with Gasteiger partial charge in [-0.1, -0.05) is 41.9 Å². The van der Waals surface area contributed by atoms with Gasteiger partial charge < -0.3 is 5.32 Å². The van der Waals surface area contributed by atoms with Crippen LogP contribution in [-0.2, 0) is 22.1 Å². The van der Waals surface area contributed by atoms with E-state index in [0.29, 0.717) is 10.0 Å². The Morgan fingerprint density at radius 3 is 2.62 bits per heavy atom. The number of thiazole rings is 1. The normalized spacial score (nSPS) is 16.3. The average molecular weight is 448 g/mol. The number of nitrogens with one attached hydrogen (secondary N) is 1. The van der Waals surface area contributed by atoms with Gasteiger partial charge in [-0.3, -0.25) is 4.90 Å². The van der Waals surface area contributed by atoms with E-state index < -0.39 is 9.84 Å². The van der Waals surface area contributed by atoms with Crippen LogP contribution in [0.15, 0.2) is 65.0 Å². The summed E-state index contributed by atoms with van der Waals surface area (Å²) in [4.78, 5) is 6.64. The SMILES string of the molecule is CC1(Nc2ccc(S(=O)(=O)Cc3nccs3)cc2Cl)CN(Cc2ccccc2)C1. The Kier molecular flexibility index (Phi) is 5.66. The summed E-state index contributed by atoms with van der Waals surface area (Å²) in [5.74, 6) is -0.111. The molecule has 5 nitrogen and oxygen atoms in total. The lowest BCUT2D eigenvalue weighted by molar-refractivity contribution is 0.0906. The van der Waals surface area contributed by atoms with E-state index in [1.165, 1.54) is 23.0 Å². The van der Waals surface area contributed by atoms with Crippen LogP contribution in [0.3, 0.4) is 0 Å². The third-order valence-corrected chi connectivity index (χ3v) is 7.83. The minimum atomic E-state index is -3.47. The lowest BCUT2D eigenvalue weighted by Gasteiger charge is -2.49. The molecule has 1 fully saturated rings. The Morgan fingerprint density at radius 1 is 1.21 bits per heavy atom. The van der Waals surface area contributed by atoms with Crippen LogP contribution in [0.5, 0.6) is 0 Å². The monoisotopic (exact) mass is 447 g/mol. The van der Waals surface area contributed by atoms with Crippen LogP contribution in [0.25, 0.3) is 0 Å². The van der Waals surface area contributed by atoms with Gasteiger partial charge in [0.2, 0.25) is 0 Å². The standard InChI is InChI=1S/C21H22ClN3O2S2/c1-21(14-25(15-21)12-16-5-3-2-4-6-16)24-19-8-7-17(11-18(19)22)29(26,27)13-20-23-9-10-28-20/h2-11,24H,12-15H2,1H3. The molecule has 3 aromatic rings. The van der Waals surface area contributed by atoms with Crippen LogP contribution < -0.4 is 5.32 Å². The zero-order chi connectivity index (χ0) is 20.5. The molecule has 0 atom stereocenters. The predicted octanol–water partition coefficient (Wildman–Crippen LogP) is 4.46. The number of hydrogen-bond acceptors (Lipinski definition) is 6. The second kappa shape index (κ2) is 8.07. The molecule has 0 spiro atoms. The first-order valence-corrected chi connectivity index (χ1v) is 12.2. The van der Waals surface area contributed by atoms with Crippen LogP contribution in [0.2, 0.25) is 5.02 Å². The lowest BCUT2D eigenvalue weighted by atomic mass is 9.91. The van der Waals surface area contributed by atoms with Crippen molar-refractivity contribution in [3.05, 3.63) is 75.7 Å². The van der Waals surface area contributed by atoms with E-state index in [-0.39, 0.29) is 16.2 Å². The lowest BCUT2D eigenvalue weighted by Crippen LogP contribution is -2.63. The molecule has 0 radical (unpaired) electrons. The predicted molar refractivity (Wildman–Crippen MR) is 118 cm³/mol. The van der Waals surface area contributed by atoms with Crippen LogP contribution in [0.1, 0.15) is 17.5 Å². The summed E-state index contributed by atoms with van der Waals surface area (Å²) < 4.78 is 25.2. The zero-order valence-corrected chi connectivity index (χ0v) is 18.4. The Morgan fingerprint density at radius 2 is 1.97 bits per heavy atom. The summed E-state index contributed by atoms with van der Waals surface area (Å²) in [6, 6.07) is 15.3. The van der Waals surface area contributed by atoms with Crippen LogP contribution in [-0.4, -0.2) is 36.9 Å². The molecule has 1 saturated heterocycles. The molecule has 1 aliphatic rings. The van der Waals surface area contributed by atoms with Gasteiger partial charge in [0.05, 0.1) is 21.1 Å². The third-order valence-electron chi connectivity index (χ3n) is 4.93. The number of sulfone groups is 1. The van der Waals surface area contributed by atoms with Crippen LogP contribution >= 0.6 is 22.9 Å². The summed E-state index contributed by atoms with van der Waals surface area (Å²) in [7, 11) is -3.47. The van der Waals surface area contributed by atoms with Crippen molar-refractivity contribution in [1.82, 2.24) is 9.88 Å². The summed E-state index contributed by atoms with van der Waals surface area (Å²) in [5, 5.41) is 6.24. The molecule has 2 aromatic carbocycles. The molecular weight excluding hydrogens is 426 g/mol. The fraction of sp³-hybridized carbons (Fsp3) is 0.286. The average Bonchev–Trinajstić information content (AvgIpc) is 3.15. The fourth-order valence-corrected chi connectivity index (χ4v) is 6.23. The molecule has 1 aliphatic heterocycles. The number of halogens is 1. The van der Waals surface area contributed by atoms with E-state index in [2.05, 4.69) is 46.4 Å². The molecule has 0 bridgehead atoms. The molecule has 0 unspecified atom stereocenters. The number of hydrogen-bond donors (Lipinski definition) is 1. The number of benzene rings is 2. The first-order valence-electron chi connectivity index (χ1n) is 9.28. The van der Waals surface area contributed by atoms with Crippen molar-refractivity contribution < 1.29 is 8.42 Å². The maximum Gasteiger partial charge on any atom is 0.184 e. The number of aromatic nitrogens is 1. The van der Waals surface area contributed by atoms with Crippen molar-refractivity contribution in [1.29, 1.82) is 0 Å². The summed E-state index contributed by atoms with van der Waals surface area (Å²) >= 11 is 7.75. The van der Waals surface area contributed by atoms with Crippen LogP contribution in [0, 0.1) is 0 Å². The van der Waals surface area contributed by atoms with Gasteiger partial charge in [-0.15, -0.1) is 11.3 Å². The Balaban J connectivity index is 1.40. The van der Waals surface area contributed by atoms with Crippen LogP contribution in [0.4, 0.5) is 5.69 Å². The summed E-state index contributed by atoms with van der Waals surface area (Å²) in [6.45, 7) is 4.85. The van der Waals surface area contributed by atoms with E-state index in [9.17, 15) is 8.42 Å². The minimum Gasteiger partial charge on any atom is -0.376 e. The number of anilines is 1. The van der Waals surface area contributed by atoms with Crippen molar-refractivity contribution in [2.45, 2.75) is 29.7 Å². The maximum absolute atomic E-state index is 12.6. The van der Waals surface area contributed by atoms with Gasteiger partial charge >= 0.3 is 0 Å². The molecule has 0 saturated carbocycles. The van der Waals surface area contributed by atoms with E-state index in [1.807, 2.05) is 6.07 Å². The maximum atomic E-state index is 12.6. The second-order valence-corrected chi connectivity index (χ2v) is 11.0. The highest BCUT2D eigenvalue weighted by molar-refractivity contribution is 7.90. The molecule has 152 valence electrons.